The highest BCUT2D eigenvalue weighted by atomic mass is 79.9. The first-order valence-corrected chi connectivity index (χ1v) is 9.24. The van der Waals surface area contributed by atoms with Gasteiger partial charge in [-0.25, -0.2) is 13.1 Å². The van der Waals surface area contributed by atoms with Crippen molar-refractivity contribution in [1.82, 2.24) is 4.72 Å². The van der Waals surface area contributed by atoms with Crippen molar-refractivity contribution in [2.45, 2.75) is 31.2 Å². The highest BCUT2D eigenvalue weighted by Crippen LogP contribution is 2.34. The predicted octanol–water partition coefficient (Wildman–Crippen LogP) is 2.96. The van der Waals surface area contributed by atoms with Crippen molar-refractivity contribution in [3.05, 3.63) is 13.6 Å². The second-order valence-corrected chi connectivity index (χ2v) is 9.60. The third-order valence-corrected chi connectivity index (χ3v) is 6.71. The standard InChI is InChI=1S/C10H15Br2NO3S2/c1-6(2)7(3-4-14)13-18(15,16)8-5-9(11)17-10(8)12/h5-7,13-14H,3-4H2,1-2H3. The van der Waals surface area contributed by atoms with E-state index in [4.69, 9.17) is 5.11 Å². The summed E-state index contributed by atoms with van der Waals surface area (Å²) in [6.07, 6.45) is 0.403. The minimum absolute atomic E-state index is 0.0418. The van der Waals surface area contributed by atoms with Crippen LogP contribution in [0.15, 0.2) is 18.5 Å². The summed E-state index contributed by atoms with van der Waals surface area (Å²) in [7, 11) is -3.56. The lowest BCUT2D eigenvalue weighted by molar-refractivity contribution is 0.256. The molecule has 1 atom stereocenters. The monoisotopic (exact) mass is 419 g/mol. The van der Waals surface area contributed by atoms with Gasteiger partial charge in [0.05, 0.1) is 7.57 Å². The second-order valence-electron chi connectivity index (χ2n) is 4.17. The van der Waals surface area contributed by atoms with E-state index in [0.717, 1.165) is 3.79 Å². The molecule has 18 heavy (non-hydrogen) atoms. The van der Waals surface area contributed by atoms with Gasteiger partial charge in [-0.2, -0.15) is 0 Å². The van der Waals surface area contributed by atoms with Crippen molar-refractivity contribution in [1.29, 1.82) is 0 Å². The van der Waals surface area contributed by atoms with Gasteiger partial charge in [-0.15, -0.1) is 11.3 Å². The van der Waals surface area contributed by atoms with E-state index in [0.29, 0.717) is 10.2 Å². The summed E-state index contributed by atoms with van der Waals surface area (Å²) in [5, 5.41) is 8.96. The summed E-state index contributed by atoms with van der Waals surface area (Å²) in [6, 6.07) is 1.29. The molecule has 4 nitrogen and oxygen atoms in total. The molecule has 0 spiro atoms. The van der Waals surface area contributed by atoms with E-state index in [9.17, 15) is 8.42 Å². The van der Waals surface area contributed by atoms with Crippen LogP contribution in [0.1, 0.15) is 20.3 Å². The van der Waals surface area contributed by atoms with E-state index in [1.807, 2.05) is 13.8 Å². The van der Waals surface area contributed by atoms with E-state index in [1.54, 1.807) is 6.07 Å². The zero-order valence-corrected chi connectivity index (χ0v) is 14.8. The minimum atomic E-state index is -3.56. The van der Waals surface area contributed by atoms with Crippen LogP contribution in [-0.4, -0.2) is 26.2 Å². The number of halogens is 2. The van der Waals surface area contributed by atoms with Crippen LogP contribution in [0.25, 0.3) is 0 Å². The van der Waals surface area contributed by atoms with Gasteiger partial charge >= 0.3 is 0 Å². The molecule has 0 aliphatic carbocycles. The van der Waals surface area contributed by atoms with Gasteiger partial charge in [-0.05, 0) is 50.3 Å². The topological polar surface area (TPSA) is 66.4 Å². The number of aliphatic hydroxyl groups is 1. The molecule has 1 rings (SSSR count). The normalized spacial score (nSPS) is 14.1. The molecule has 0 aliphatic rings. The van der Waals surface area contributed by atoms with Crippen molar-refractivity contribution in [2.75, 3.05) is 6.61 Å². The highest BCUT2D eigenvalue weighted by Gasteiger charge is 2.25. The fourth-order valence-electron chi connectivity index (χ4n) is 1.44. The SMILES string of the molecule is CC(C)C(CCO)NS(=O)(=O)c1cc(Br)sc1Br. The number of hydrogen-bond donors (Lipinski definition) is 2. The Morgan fingerprint density at radius 1 is 1.44 bits per heavy atom. The van der Waals surface area contributed by atoms with Crippen LogP contribution in [-0.2, 0) is 10.0 Å². The maximum Gasteiger partial charge on any atom is 0.242 e. The molecule has 0 fully saturated rings. The minimum Gasteiger partial charge on any atom is -0.396 e. The van der Waals surface area contributed by atoms with Crippen molar-refractivity contribution < 1.29 is 13.5 Å². The van der Waals surface area contributed by atoms with Gasteiger partial charge in [0.25, 0.3) is 0 Å². The molecule has 0 saturated heterocycles. The van der Waals surface area contributed by atoms with E-state index in [2.05, 4.69) is 36.6 Å². The molecule has 0 radical (unpaired) electrons. The lowest BCUT2D eigenvalue weighted by Gasteiger charge is -2.21. The molecule has 0 aromatic carbocycles. The molecular weight excluding hydrogens is 406 g/mol. The summed E-state index contributed by atoms with van der Waals surface area (Å²) >= 11 is 7.81. The number of nitrogens with one attached hydrogen (secondary N) is 1. The number of sulfonamides is 1. The Hall–Kier alpha value is 0.530. The largest absolute Gasteiger partial charge is 0.396 e. The number of hydrogen-bond acceptors (Lipinski definition) is 4. The van der Waals surface area contributed by atoms with Crippen LogP contribution < -0.4 is 4.72 Å². The summed E-state index contributed by atoms with van der Waals surface area (Å²) in [5.74, 6) is 0.118. The van der Waals surface area contributed by atoms with Crippen molar-refractivity contribution in [3.8, 4) is 0 Å². The van der Waals surface area contributed by atoms with Crippen LogP contribution in [0, 0.1) is 5.92 Å². The average molecular weight is 421 g/mol. The molecule has 0 bridgehead atoms. The molecule has 0 saturated carbocycles. The fourth-order valence-corrected chi connectivity index (χ4v) is 6.67. The van der Waals surface area contributed by atoms with Crippen molar-refractivity contribution in [2.24, 2.45) is 5.92 Å². The summed E-state index contributed by atoms with van der Waals surface area (Å²) < 4.78 is 28.4. The Labute approximate surface area is 128 Å². The van der Waals surface area contributed by atoms with Gasteiger partial charge in [-0.3, -0.25) is 0 Å². The lowest BCUT2D eigenvalue weighted by Crippen LogP contribution is -2.39. The first-order valence-electron chi connectivity index (χ1n) is 5.36. The van der Waals surface area contributed by atoms with Crippen LogP contribution in [0.2, 0.25) is 0 Å². The first-order chi connectivity index (χ1) is 8.27. The van der Waals surface area contributed by atoms with E-state index in [-0.39, 0.29) is 23.5 Å². The zero-order valence-electron chi connectivity index (χ0n) is 9.98. The van der Waals surface area contributed by atoms with E-state index >= 15 is 0 Å². The van der Waals surface area contributed by atoms with Crippen LogP contribution >= 0.6 is 43.2 Å². The number of thiophene rings is 1. The van der Waals surface area contributed by atoms with Gasteiger partial charge in [0.2, 0.25) is 10.0 Å². The Balaban J connectivity index is 2.97. The smallest absolute Gasteiger partial charge is 0.242 e. The maximum atomic E-state index is 12.2. The molecule has 1 aromatic heterocycles. The molecule has 104 valence electrons. The van der Waals surface area contributed by atoms with Gasteiger partial charge in [0.1, 0.15) is 4.90 Å². The fraction of sp³-hybridized carbons (Fsp3) is 0.600. The van der Waals surface area contributed by atoms with Gasteiger partial charge in [0.15, 0.2) is 0 Å². The summed E-state index contributed by atoms with van der Waals surface area (Å²) in [4.78, 5) is 0.225. The molecule has 2 N–H and O–H groups in total. The Bertz CT molecular complexity index is 499. The second kappa shape index (κ2) is 6.81. The van der Waals surface area contributed by atoms with Crippen LogP contribution in [0.4, 0.5) is 0 Å². The lowest BCUT2D eigenvalue weighted by atomic mass is 10.0. The Kier molecular flexibility index (Phi) is 6.27. The number of rotatable bonds is 6. The first kappa shape index (κ1) is 16.6. The number of aliphatic hydroxyl groups excluding tert-OH is 1. The maximum absolute atomic E-state index is 12.2. The van der Waals surface area contributed by atoms with Crippen molar-refractivity contribution >= 4 is 53.2 Å². The van der Waals surface area contributed by atoms with Gasteiger partial charge in [0, 0.05) is 12.6 Å². The highest BCUT2D eigenvalue weighted by molar-refractivity contribution is 9.12. The quantitative estimate of drug-likeness (QED) is 0.743. The molecule has 1 unspecified atom stereocenters. The third-order valence-electron chi connectivity index (χ3n) is 2.47. The van der Waals surface area contributed by atoms with Crippen molar-refractivity contribution in [3.63, 3.8) is 0 Å². The molecule has 8 heteroatoms. The third kappa shape index (κ3) is 4.28. The Morgan fingerprint density at radius 2 is 2.06 bits per heavy atom. The van der Waals surface area contributed by atoms with Crippen LogP contribution in [0.5, 0.6) is 0 Å². The summed E-state index contributed by atoms with van der Waals surface area (Å²) in [5.41, 5.74) is 0. The van der Waals surface area contributed by atoms with E-state index < -0.39 is 10.0 Å². The Morgan fingerprint density at radius 3 is 2.44 bits per heavy atom. The van der Waals surface area contributed by atoms with Gasteiger partial charge in [-0.1, -0.05) is 13.8 Å². The average Bonchev–Trinajstić information content (AvgIpc) is 2.57. The molecule has 0 amide bonds. The molecular formula is C10H15Br2NO3S2. The molecule has 0 aliphatic heterocycles. The molecule has 1 aromatic rings. The van der Waals surface area contributed by atoms with Gasteiger partial charge < -0.3 is 5.11 Å². The van der Waals surface area contributed by atoms with E-state index in [1.165, 1.54) is 11.3 Å². The molecule has 1 heterocycles. The van der Waals surface area contributed by atoms with Crippen LogP contribution in [0.3, 0.4) is 0 Å². The zero-order chi connectivity index (χ0) is 13.9. The predicted molar refractivity (Wildman–Crippen MR) is 80.4 cm³/mol. The summed E-state index contributed by atoms with van der Waals surface area (Å²) in [6.45, 7) is 3.79.